The molecule has 11 heteroatoms. The molecule has 2 N–H and O–H groups in total. The Morgan fingerprint density at radius 1 is 1.09 bits per heavy atom. The Hall–Kier alpha value is -3.14. The van der Waals surface area contributed by atoms with Crippen LogP contribution in [0, 0.1) is 5.92 Å². The summed E-state index contributed by atoms with van der Waals surface area (Å²) in [6.45, 7) is 0.256. The van der Waals surface area contributed by atoms with Gasteiger partial charge in [0.1, 0.15) is 0 Å². The van der Waals surface area contributed by atoms with Gasteiger partial charge >= 0.3 is 5.69 Å². The van der Waals surface area contributed by atoms with E-state index in [0.717, 1.165) is 28.8 Å². The highest BCUT2D eigenvalue weighted by Gasteiger charge is 2.30. The Kier molecular flexibility index (Phi) is 6.16. The van der Waals surface area contributed by atoms with Gasteiger partial charge in [-0.1, -0.05) is 29.3 Å². The Bertz CT molecular complexity index is 1550. The molecular weight excluding hydrogens is 491 g/mol. The number of hydrogen-bond acceptors (Lipinski definition) is 6. The summed E-state index contributed by atoms with van der Waals surface area (Å²) < 4.78 is 4.17. The summed E-state index contributed by atoms with van der Waals surface area (Å²) in [5.41, 5.74) is 2.08. The number of rotatable bonds is 6. The highest BCUT2D eigenvalue weighted by atomic mass is 35.5. The summed E-state index contributed by atoms with van der Waals surface area (Å²) in [5.74, 6) is 1.09. The van der Waals surface area contributed by atoms with Gasteiger partial charge in [-0.3, -0.25) is 18.9 Å². The third-order valence-corrected chi connectivity index (χ3v) is 7.37. The van der Waals surface area contributed by atoms with Crippen molar-refractivity contribution in [1.29, 1.82) is 0 Å². The topological polar surface area (TPSA) is 107 Å². The highest BCUT2D eigenvalue weighted by molar-refractivity contribution is 6.42. The van der Waals surface area contributed by atoms with Gasteiger partial charge in [-0.05, 0) is 48.6 Å². The molecule has 35 heavy (non-hydrogen) atoms. The fourth-order valence-corrected chi connectivity index (χ4v) is 4.84. The number of aromatic nitrogens is 5. The van der Waals surface area contributed by atoms with Crippen molar-refractivity contribution in [1.82, 2.24) is 23.7 Å². The van der Waals surface area contributed by atoms with Crippen molar-refractivity contribution in [2.45, 2.75) is 25.3 Å². The molecular formula is C24H24Cl2N6O3. The first-order chi connectivity index (χ1) is 16.8. The maximum atomic E-state index is 13.4. The van der Waals surface area contributed by atoms with E-state index in [-0.39, 0.29) is 18.8 Å². The summed E-state index contributed by atoms with van der Waals surface area (Å²) in [5, 5.41) is 13.3. The lowest BCUT2D eigenvalue weighted by Gasteiger charge is -2.33. The summed E-state index contributed by atoms with van der Waals surface area (Å²) in [7, 11) is 3.32. The van der Waals surface area contributed by atoms with Gasteiger partial charge in [0.15, 0.2) is 11.2 Å². The van der Waals surface area contributed by atoms with Gasteiger partial charge in [0, 0.05) is 44.2 Å². The highest BCUT2D eigenvalue weighted by Crippen LogP contribution is 2.41. The molecule has 0 saturated heterocycles. The van der Waals surface area contributed by atoms with E-state index in [1.165, 1.54) is 4.57 Å². The molecule has 1 fully saturated rings. The second kappa shape index (κ2) is 9.14. The molecule has 0 spiro atoms. The molecule has 0 bridgehead atoms. The number of nitrogens with zero attached hydrogens (tertiary/aromatic N) is 5. The second-order valence-corrected chi connectivity index (χ2v) is 9.77. The van der Waals surface area contributed by atoms with Crippen LogP contribution in [0.1, 0.15) is 30.0 Å². The van der Waals surface area contributed by atoms with Crippen LogP contribution in [0.3, 0.4) is 0 Å². The second-order valence-electron chi connectivity index (χ2n) is 8.96. The van der Waals surface area contributed by atoms with E-state index in [1.807, 2.05) is 12.1 Å². The summed E-state index contributed by atoms with van der Waals surface area (Å²) >= 11 is 12.1. The first kappa shape index (κ1) is 23.6. The molecule has 0 unspecified atom stereocenters. The molecule has 9 nitrogen and oxygen atoms in total. The van der Waals surface area contributed by atoms with Gasteiger partial charge in [-0.25, -0.2) is 4.79 Å². The molecule has 1 aromatic carbocycles. The molecule has 1 aliphatic carbocycles. The molecule has 0 atom stereocenters. The predicted octanol–water partition coefficient (Wildman–Crippen LogP) is 3.41. The Labute approximate surface area is 210 Å². The Morgan fingerprint density at radius 3 is 2.57 bits per heavy atom. The van der Waals surface area contributed by atoms with Crippen LogP contribution in [0.5, 0.6) is 0 Å². The first-order valence-electron chi connectivity index (χ1n) is 11.2. The minimum Gasteiger partial charge on any atom is -0.396 e. The van der Waals surface area contributed by atoms with Crippen LogP contribution in [-0.4, -0.2) is 35.4 Å². The summed E-state index contributed by atoms with van der Waals surface area (Å²) in [6, 6.07) is 8.79. The lowest BCUT2D eigenvalue weighted by atomic mass is 9.73. The van der Waals surface area contributed by atoms with Crippen molar-refractivity contribution >= 4 is 46.0 Å². The third kappa shape index (κ3) is 4.24. The molecule has 0 amide bonds. The maximum Gasteiger partial charge on any atom is 0.332 e. The lowest BCUT2D eigenvalue weighted by Crippen LogP contribution is -2.39. The third-order valence-electron chi connectivity index (χ3n) is 6.63. The van der Waals surface area contributed by atoms with E-state index in [4.69, 9.17) is 23.2 Å². The zero-order valence-electron chi connectivity index (χ0n) is 19.2. The quantitative estimate of drug-likeness (QED) is 0.408. The number of fused-ring (bicyclic) bond motifs is 1. The van der Waals surface area contributed by atoms with Crippen LogP contribution in [-0.2, 0) is 20.6 Å². The van der Waals surface area contributed by atoms with Gasteiger partial charge in [0.25, 0.3) is 5.56 Å². The Morgan fingerprint density at radius 2 is 1.86 bits per heavy atom. The zero-order chi connectivity index (χ0) is 24.9. The predicted molar refractivity (Wildman–Crippen MR) is 136 cm³/mol. The van der Waals surface area contributed by atoms with Gasteiger partial charge in [-0.15, -0.1) is 0 Å². The van der Waals surface area contributed by atoms with E-state index in [0.29, 0.717) is 38.9 Å². The van der Waals surface area contributed by atoms with Crippen molar-refractivity contribution in [2.75, 3.05) is 11.9 Å². The summed E-state index contributed by atoms with van der Waals surface area (Å²) in [4.78, 5) is 35.4. The maximum absolute atomic E-state index is 13.4. The smallest absolute Gasteiger partial charge is 0.332 e. The number of aliphatic hydroxyl groups excluding tert-OH is 1. The zero-order valence-corrected chi connectivity index (χ0v) is 20.7. The van der Waals surface area contributed by atoms with E-state index < -0.39 is 11.2 Å². The SMILES string of the molecule is Cn1c(Nc2ccnc(C3CC(CO)C3)c2)nc2c1c(=O)n(Cc1ccc(Cl)c(Cl)c1)c(=O)n2C. The van der Waals surface area contributed by atoms with Crippen LogP contribution >= 0.6 is 23.2 Å². The van der Waals surface area contributed by atoms with Crippen LogP contribution in [0.25, 0.3) is 11.2 Å². The number of anilines is 2. The van der Waals surface area contributed by atoms with Crippen LogP contribution in [0.15, 0.2) is 46.1 Å². The lowest BCUT2D eigenvalue weighted by molar-refractivity contribution is 0.141. The molecule has 0 radical (unpaired) electrons. The van der Waals surface area contributed by atoms with Gasteiger partial charge < -0.3 is 15.0 Å². The number of nitrogens with one attached hydrogen (secondary N) is 1. The van der Waals surface area contributed by atoms with Crippen molar-refractivity contribution < 1.29 is 5.11 Å². The van der Waals surface area contributed by atoms with Crippen molar-refractivity contribution in [3.05, 3.63) is 78.7 Å². The molecule has 3 heterocycles. The molecule has 1 saturated carbocycles. The van der Waals surface area contributed by atoms with Gasteiger partial charge in [-0.2, -0.15) is 4.98 Å². The van der Waals surface area contributed by atoms with Gasteiger partial charge in [0.2, 0.25) is 5.95 Å². The number of hydrogen-bond donors (Lipinski definition) is 2. The Balaban J connectivity index is 1.50. The number of halogens is 2. The molecule has 3 aromatic heterocycles. The molecule has 182 valence electrons. The standard InChI is InChI=1S/C24H24Cl2N6O3/c1-30-20-21(29-23(30)28-16-5-6-27-19(10-16)15-7-14(8-15)12-33)31(2)24(35)32(22(20)34)11-13-3-4-17(25)18(26)9-13/h3-6,9-10,14-15,33H,7-8,11-12H2,1-2H3,(H,27,28,29). The fourth-order valence-electron chi connectivity index (χ4n) is 4.52. The number of benzene rings is 1. The largest absolute Gasteiger partial charge is 0.396 e. The van der Waals surface area contributed by atoms with Crippen molar-refractivity contribution in [3.63, 3.8) is 0 Å². The molecule has 0 aliphatic heterocycles. The number of aryl methyl sites for hydroxylation is 2. The van der Waals surface area contributed by atoms with E-state index in [1.54, 1.807) is 43.1 Å². The number of pyridine rings is 1. The molecule has 1 aliphatic rings. The van der Waals surface area contributed by atoms with Crippen LogP contribution in [0.4, 0.5) is 11.6 Å². The summed E-state index contributed by atoms with van der Waals surface area (Å²) in [6.07, 6.45) is 3.56. The normalized spacial score (nSPS) is 17.5. The van der Waals surface area contributed by atoms with Crippen molar-refractivity contribution in [3.8, 4) is 0 Å². The van der Waals surface area contributed by atoms with Crippen LogP contribution in [0.2, 0.25) is 10.0 Å². The fraction of sp³-hybridized carbons (Fsp3) is 0.333. The average molecular weight is 515 g/mol. The molecule has 5 rings (SSSR count). The molecule has 4 aromatic rings. The number of imidazole rings is 1. The van der Waals surface area contributed by atoms with E-state index >= 15 is 0 Å². The van der Waals surface area contributed by atoms with Crippen LogP contribution < -0.4 is 16.6 Å². The number of aliphatic hydroxyl groups is 1. The van der Waals surface area contributed by atoms with E-state index in [9.17, 15) is 14.7 Å². The first-order valence-corrected chi connectivity index (χ1v) is 12.0. The average Bonchev–Trinajstić information content (AvgIpc) is 3.13. The van der Waals surface area contributed by atoms with Crippen molar-refractivity contribution in [2.24, 2.45) is 20.0 Å². The van der Waals surface area contributed by atoms with E-state index in [2.05, 4.69) is 15.3 Å². The monoisotopic (exact) mass is 514 g/mol. The van der Waals surface area contributed by atoms with Gasteiger partial charge in [0.05, 0.1) is 16.6 Å². The minimum absolute atomic E-state index is 0.0518. The minimum atomic E-state index is -0.479.